The molecule has 0 saturated heterocycles. The minimum Gasteiger partial charge on any atom is -0.481 e. The smallest absolute Gasteiger partial charge is 0.310 e. The third-order valence-corrected chi connectivity index (χ3v) is 11.7. The third kappa shape index (κ3) is 2.62. The van der Waals surface area contributed by atoms with Crippen molar-refractivity contribution in [3.05, 3.63) is 35.5 Å². The Morgan fingerprint density at radius 1 is 0.906 bits per heavy atom. The van der Waals surface area contributed by atoms with Crippen LogP contribution < -0.4 is 0 Å². The van der Waals surface area contributed by atoms with Crippen molar-refractivity contribution in [1.82, 2.24) is 0 Å². The third-order valence-electron chi connectivity index (χ3n) is 11.7. The maximum Gasteiger partial charge on any atom is 0.310 e. The van der Waals surface area contributed by atoms with Crippen molar-refractivity contribution in [3.8, 4) is 0 Å². The van der Waals surface area contributed by atoms with Crippen molar-refractivity contribution >= 4 is 5.97 Å². The number of rotatable bonds is 1. The molecule has 0 aromatic rings. The van der Waals surface area contributed by atoms with Gasteiger partial charge in [-0.15, -0.1) is 0 Å². The Labute approximate surface area is 195 Å². The van der Waals surface area contributed by atoms with E-state index >= 15 is 0 Å². The van der Waals surface area contributed by atoms with Gasteiger partial charge in [0, 0.05) is 0 Å². The van der Waals surface area contributed by atoms with E-state index in [2.05, 4.69) is 72.8 Å². The minimum atomic E-state index is -0.556. The van der Waals surface area contributed by atoms with Gasteiger partial charge in [0.2, 0.25) is 0 Å². The molecule has 176 valence electrons. The van der Waals surface area contributed by atoms with Crippen molar-refractivity contribution in [2.45, 2.75) is 99.8 Å². The summed E-state index contributed by atoms with van der Waals surface area (Å²) in [6.45, 7) is 17.1. The van der Waals surface area contributed by atoms with E-state index in [9.17, 15) is 9.90 Å². The van der Waals surface area contributed by atoms with Crippen molar-refractivity contribution in [2.75, 3.05) is 0 Å². The average Bonchev–Trinajstić information content (AvgIpc) is 2.67. The maximum atomic E-state index is 12.7. The predicted octanol–water partition coefficient (Wildman–Crippen LogP) is 7.96. The van der Waals surface area contributed by atoms with Crippen molar-refractivity contribution in [2.24, 2.45) is 44.3 Å². The van der Waals surface area contributed by atoms with Gasteiger partial charge in [-0.25, -0.2) is 0 Å². The van der Waals surface area contributed by atoms with Gasteiger partial charge in [-0.3, -0.25) is 4.79 Å². The van der Waals surface area contributed by atoms with Crippen LogP contribution in [-0.4, -0.2) is 11.1 Å². The Morgan fingerprint density at radius 2 is 1.59 bits per heavy atom. The molecule has 0 aromatic carbocycles. The number of aliphatic carboxylic acids is 1. The second kappa shape index (κ2) is 6.42. The summed E-state index contributed by atoms with van der Waals surface area (Å²) in [5, 5.41) is 10.5. The summed E-state index contributed by atoms with van der Waals surface area (Å²) < 4.78 is 0. The molecule has 0 aromatic heterocycles. The summed E-state index contributed by atoms with van der Waals surface area (Å²) in [6, 6.07) is 0. The van der Waals surface area contributed by atoms with Gasteiger partial charge in [0.05, 0.1) is 5.41 Å². The number of hydrogen-bond donors (Lipinski definition) is 1. The lowest BCUT2D eigenvalue weighted by atomic mass is 9.36. The molecule has 3 fully saturated rings. The quantitative estimate of drug-likeness (QED) is 0.423. The molecule has 2 nitrogen and oxygen atoms in total. The van der Waals surface area contributed by atoms with E-state index in [-0.39, 0.29) is 33.0 Å². The fraction of sp³-hybridized carbons (Fsp3) is 0.767. The lowest BCUT2D eigenvalue weighted by molar-refractivity contribution is -0.163. The fourth-order valence-electron chi connectivity index (χ4n) is 9.55. The van der Waals surface area contributed by atoms with E-state index in [1.807, 2.05) is 0 Å². The van der Waals surface area contributed by atoms with Gasteiger partial charge >= 0.3 is 5.97 Å². The molecule has 6 atom stereocenters. The molecular weight excluding hydrogens is 392 g/mol. The summed E-state index contributed by atoms with van der Waals surface area (Å²) >= 11 is 0. The molecule has 0 heterocycles. The first kappa shape index (κ1) is 22.5. The monoisotopic (exact) mass is 436 g/mol. The second-order valence-electron chi connectivity index (χ2n) is 14.2. The zero-order valence-corrected chi connectivity index (χ0v) is 21.5. The molecule has 5 rings (SSSR count). The standard InChI is InChI=1S/C30H44O2/c1-25(2)15-17-30(24(31)32)18-16-28(6)20(21(30)19-25)9-10-23-27(5)13-8-12-26(3,4)22(27)11-14-29(23,28)7/h8-10,12,21-22H,11,13-19H2,1-7H3,(H,31,32)/t21?,22?,27-,28+,29+,30-/m0/s1. The molecule has 5 aliphatic carbocycles. The Balaban J connectivity index is 1.67. The summed E-state index contributed by atoms with van der Waals surface area (Å²) in [6.07, 6.45) is 18.2. The van der Waals surface area contributed by atoms with Crippen molar-refractivity contribution in [1.29, 1.82) is 0 Å². The van der Waals surface area contributed by atoms with Crippen LogP contribution in [0.15, 0.2) is 35.5 Å². The highest BCUT2D eigenvalue weighted by Crippen LogP contribution is 2.74. The van der Waals surface area contributed by atoms with Crippen LogP contribution in [0.25, 0.3) is 0 Å². The SMILES string of the molecule is CC1(C)CC[C@]2(C(=O)O)CC[C@]3(C)C(=CC=C4[C@@]5(C)CC=CC(C)(C)C5CC[C@]43C)C2C1. The molecule has 32 heavy (non-hydrogen) atoms. The van der Waals surface area contributed by atoms with Gasteiger partial charge in [-0.05, 0) is 90.3 Å². The van der Waals surface area contributed by atoms with E-state index < -0.39 is 11.4 Å². The number of carboxylic acids is 1. The largest absolute Gasteiger partial charge is 0.481 e. The highest BCUT2D eigenvalue weighted by molar-refractivity contribution is 5.77. The van der Waals surface area contributed by atoms with Gasteiger partial charge in [-0.1, -0.05) is 83.9 Å². The highest BCUT2D eigenvalue weighted by Gasteiger charge is 2.66. The average molecular weight is 437 g/mol. The Morgan fingerprint density at radius 3 is 2.28 bits per heavy atom. The Hall–Kier alpha value is -1.31. The molecular formula is C30H44O2. The van der Waals surface area contributed by atoms with Gasteiger partial charge in [0.1, 0.15) is 0 Å². The molecule has 0 spiro atoms. The van der Waals surface area contributed by atoms with E-state index in [0.717, 1.165) is 38.5 Å². The molecule has 5 aliphatic rings. The van der Waals surface area contributed by atoms with E-state index in [1.165, 1.54) is 18.4 Å². The molecule has 2 heteroatoms. The maximum absolute atomic E-state index is 12.7. The van der Waals surface area contributed by atoms with E-state index in [4.69, 9.17) is 0 Å². The number of carbonyl (C=O) groups is 1. The van der Waals surface area contributed by atoms with Crippen LogP contribution in [0.1, 0.15) is 99.8 Å². The van der Waals surface area contributed by atoms with Gasteiger partial charge in [0.25, 0.3) is 0 Å². The lowest BCUT2D eigenvalue weighted by Gasteiger charge is -2.67. The molecule has 0 radical (unpaired) electrons. The van der Waals surface area contributed by atoms with Crippen LogP contribution in [-0.2, 0) is 4.79 Å². The number of hydrogen-bond acceptors (Lipinski definition) is 1. The van der Waals surface area contributed by atoms with E-state index in [0.29, 0.717) is 5.92 Å². The van der Waals surface area contributed by atoms with Crippen LogP contribution in [0.3, 0.4) is 0 Å². The number of allylic oxidation sites excluding steroid dienone is 6. The normalized spacial score (nSPS) is 48.3. The van der Waals surface area contributed by atoms with Crippen molar-refractivity contribution in [3.63, 3.8) is 0 Å². The summed E-state index contributed by atoms with van der Waals surface area (Å²) in [5.41, 5.74) is 3.40. The first-order valence-corrected chi connectivity index (χ1v) is 13.1. The zero-order valence-electron chi connectivity index (χ0n) is 21.5. The van der Waals surface area contributed by atoms with Gasteiger partial charge < -0.3 is 5.11 Å². The first-order chi connectivity index (χ1) is 14.7. The summed E-state index contributed by atoms with van der Waals surface area (Å²) in [4.78, 5) is 12.7. The van der Waals surface area contributed by atoms with Crippen LogP contribution in [0.2, 0.25) is 0 Å². The molecule has 0 aliphatic heterocycles. The topological polar surface area (TPSA) is 37.3 Å². The van der Waals surface area contributed by atoms with Crippen LogP contribution in [0.5, 0.6) is 0 Å². The van der Waals surface area contributed by atoms with Crippen LogP contribution in [0.4, 0.5) is 0 Å². The van der Waals surface area contributed by atoms with Crippen LogP contribution in [0, 0.1) is 44.3 Å². The number of carboxylic acid groups (broad SMARTS) is 1. The Bertz CT molecular complexity index is 948. The zero-order chi connectivity index (χ0) is 23.4. The fourth-order valence-corrected chi connectivity index (χ4v) is 9.55. The lowest BCUT2D eigenvalue weighted by Crippen LogP contribution is -2.60. The summed E-state index contributed by atoms with van der Waals surface area (Å²) in [7, 11) is 0. The van der Waals surface area contributed by atoms with Gasteiger partial charge in [-0.2, -0.15) is 0 Å². The molecule has 3 saturated carbocycles. The molecule has 0 amide bonds. The van der Waals surface area contributed by atoms with E-state index in [1.54, 1.807) is 5.57 Å². The van der Waals surface area contributed by atoms with Crippen LogP contribution >= 0.6 is 0 Å². The molecule has 0 bridgehead atoms. The molecule has 2 unspecified atom stereocenters. The highest BCUT2D eigenvalue weighted by atomic mass is 16.4. The molecule has 1 N–H and O–H groups in total. The second-order valence-corrected chi connectivity index (χ2v) is 14.2. The van der Waals surface area contributed by atoms with Gasteiger partial charge in [0.15, 0.2) is 0 Å². The summed E-state index contributed by atoms with van der Waals surface area (Å²) in [5.74, 6) is 0.300. The number of fused-ring (bicyclic) bond motifs is 7. The Kier molecular flexibility index (Phi) is 4.51. The first-order valence-electron chi connectivity index (χ1n) is 13.1. The van der Waals surface area contributed by atoms with Crippen molar-refractivity contribution < 1.29 is 9.90 Å². The minimum absolute atomic E-state index is 0.0629. The predicted molar refractivity (Wildman–Crippen MR) is 131 cm³/mol.